The first-order chi connectivity index (χ1) is 23.2. The zero-order chi connectivity index (χ0) is 35.7. The summed E-state index contributed by atoms with van der Waals surface area (Å²) in [4.78, 5) is 59.4. The molecule has 2 heterocycles. The van der Waals surface area contributed by atoms with E-state index in [1.165, 1.54) is 11.0 Å². The van der Waals surface area contributed by atoms with Crippen molar-refractivity contribution in [3.63, 3.8) is 0 Å². The molecule has 2 aliphatic rings. The number of hydrogen-bond acceptors (Lipinski definition) is 8. The van der Waals surface area contributed by atoms with Crippen molar-refractivity contribution in [2.75, 3.05) is 13.7 Å². The van der Waals surface area contributed by atoms with E-state index in [0.29, 0.717) is 28.1 Å². The van der Waals surface area contributed by atoms with Crippen LogP contribution < -0.4 is 20.1 Å². The lowest BCUT2D eigenvalue weighted by atomic mass is 10.0. The third kappa shape index (κ3) is 7.63. The van der Waals surface area contributed by atoms with Gasteiger partial charge in [0.15, 0.2) is 0 Å². The number of pyridine rings is 1. The first kappa shape index (κ1) is 35.2. The van der Waals surface area contributed by atoms with E-state index in [4.69, 9.17) is 19.2 Å². The van der Waals surface area contributed by atoms with E-state index in [0.717, 1.165) is 5.56 Å². The monoisotopic (exact) mass is 672 g/mol. The Balaban J connectivity index is 1.49. The van der Waals surface area contributed by atoms with E-state index in [1.807, 2.05) is 48.5 Å². The van der Waals surface area contributed by atoms with Crippen LogP contribution in [-0.2, 0) is 19.1 Å². The number of carboxylic acids is 1. The smallest absolute Gasteiger partial charge is 0.408 e. The highest BCUT2D eigenvalue weighted by atomic mass is 16.6. The summed E-state index contributed by atoms with van der Waals surface area (Å²) >= 11 is 0. The Labute approximate surface area is 285 Å². The number of carbonyl (C=O) groups is 4. The van der Waals surface area contributed by atoms with Crippen LogP contribution in [0.3, 0.4) is 0 Å². The number of likely N-dealkylation sites (tertiary alicyclic amines) is 1. The van der Waals surface area contributed by atoms with Crippen LogP contribution in [0.25, 0.3) is 22.2 Å². The second kappa shape index (κ2) is 13.8. The van der Waals surface area contributed by atoms with Crippen LogP contribution in [0.5, 0.6) is 11.5 Å². The average Bonchev–Trinajstić information content (AvgIpc) is 3.61. The van der Waals surface area contributed by atoms with Crippen molar-refractivity contribution in [2.24, 2.45) is 11.8 Å². The van der Waals surface area contributed by atoms with E-state index in [9.17, 15) is 24.3 Å². The molecule has 3 N–H and O–H groups in total. The van der Waals surface area contributed by atoms with Gasteiger partial charge in [-0.3, -0.25) is 9.59 Å². The van der Waals surface area contributed by atoms with Gasteiger partial charge in [-0.15, -0.1) is 6.58 Å². The van der Waals surface area contributed by atoms with Crippen molar-refractivity contribution < 1.29 is 38.5 Å². The molecular formula is C37H44N4O8. The van der Waals surface area contributed by atoms with Gasteiger partial charge >= 0.3 is 12.1 Å². The van der Waals surface area contributed by atoms with Crippen LogP contribution in [0.15, 0.2) is 67.3 Å². The number of fused-ring (bicyclic) bond motifs is 1. The third-order valence-electron chi connectivity index (χ3n) is 8.82. The number of hydrogen-bond donors (Lipinski definition) is 3. The maximum atomic E-state index is 14.2. The fourth-order valence-electron chi connectivity index (χ4n) is 6.16. The number of nitrogens with zero attached hydrogens (tertiary/aromatic N) is 2. The summed E-state index contributed by atoms with van der Waals surface area (Å²) in [5, 5.41) is 16.1. The molecule has 1 unspecified atom stereocenters. The number of amides is 3. The number of nitrogens with one attached hydrogen (secondary N) is 2. The summed E-state index contributed by atoms with van der Waals surface area (Å²) in [6.07, 6.45) is 0.341. The Morgan fingerprint density at radius 3 is 2.41 bits per heavy atom. The van der Waals surface area contributed by atoms with Crippen LogP contribution in [0.2, 0.25) is 0 Å². The lowest BCUT2D eigenvalue weighted by Gasteiger charge is -2.31. The molecule has 1 aromatic heterocycles. The molecule has 2 fully saturated rings. The molecule has 5 atom stereocenters. The van der Waals surface area contributed by atoms with Gasteiger partial charge in [0, 0.05) is 35.4 Å². The van der Waals surface area contributed by atoms with Crippen LogP contribution in [0.4, 0.5) is 4.79 Å². The molecule has 1 saturated carbocycles. The summed E-state index contributed by atoms with van der Waals surface area (Å²) in [5.74, 6) is -2.01. The number of methoxy groups -OCH3 is 1. The summed E-state index contributed by atoms with van der Waals surface area (Å²) in [5.41, 5.74) is -0.137. The minimum absolute atomic E-state index is 0.00172. The minimum atomic E-state index is -1.50. The second-order valence-electron chi connectivity index (χ2n) is 13.9. The SMILES string of the molecule is C=C[C@H]1CC1(NC(=O)[C@@H]1C[C@@H](Oc2cc(-c3ccccc3)nc3cc(OC)ccc23)CN1C(=O)[C@@H](NC(=O)OC(C)(C)C)C(C)C)C(=O)O. The largest absolute Gasteiger partial charge is 0.497 e. The zero-order valence-electron chi connectivity index (χ0n) is 28.7. The molecular weight excluding hydrogens is 628 g/mol. The van der Waals surface area contributed by atoms with Gasteiger partial charge in [-0.2, -0.15) is 0 Å². The molecule has 1 saturated heterocycles. The Bertz CT molecular complexity index is 1750. The molecule has 1 aliphatic heterocycles. The van der Waals surface area contributed by atoms with Gasteiger partial charge in [0.2, 0.25) is 11.8 Å². The number of ether oxygens (including phenoxy) is 3. The van der Waals surface area contributed by atoms with Crippen LogP contribution in [0.1, 0.15) is 47.5 Å². The van der Waals surface area contributed by atoms with Crippen molar-refractivity contribution >= 4 is 34.8 Å². The Hall–Kier alpha value is -5.13. The number of alkyl carbamates (subject to hydrolysis) is 1. The number of aromatic nitrogens is 1. The van der Waals surface area contributed by atoms with Crippen molar-refractivity contribution in [3.05, 3.63) is 67.3 Å². The van der Waals surface area contributed by atoms with Gasteiger partial charge in [-0.25, -0.2) is 14.6 Å². The summed E-state index contributed by atoms with van der Waals surface area (Å²) in [7, 11) is 1.57. The van der Waals surface area contributed by atoms with Crippen molar-refractivity contribution in [1.82, 2.24) is 20.5 Å². The Kier molecular flexibility index (Phi) is 9.89. The van der Waals surface area contributed by atoms with Crippen molar-refractivity contribution in [2.45, 2.75) is 76.8 Å². The fourth-order valence-corrected chi connectivity index (χ4v) is 6.16. The molecule has 0 radical (unpaired) electrons. The Morgan fingerprint density at radius 1 is 1.10 bits per heavy atom. The second-order valence-corrected chi connectivity index (χ2v) is 13.9. The van der Waals surface area contributed by atoms with Crippen LogP contribution in [0, 0.1) is 11.8 Å². The highest BCUT2D eigenvalue weighted by Crippen LogP contribution is 2.45. The predicted molar refractivity (Wildman–Crippen MR) is 183 cm³/mol. The molecule has 2 aromatic carbocycles. The Morgan fingerprint density at radius 2 is 1.82 bits per heavy atom. The summed E-state index contributed by atoms with van der Waals surface area (Å²) < 4.78 is 17.5. The fraction of sp³-hybridized carbons (Fsp3) is 0.432. The summed E-state index contributed by atoms with van der Waals surface area (Å²) in [6, 6.07) is 14.8. The van der Waals surface area contributed by atoms with Gasteiger partial charge in [-0.1, -0.05) is 50.3 Å². The topological polar surface area (TPSA) is 156 Å². The average molecular weight is 673 g/mol. The minimum Gasteiger partial charge on any atom is -0.497 e. The molecule has 12 nitrogen and oxygen atoms in total. The van der Waals surface area contributed by atoms with Gasteiger partial charge in [0.05, 0.1) is 24.9 Å². The number of aliphatic carboxylic acids is 1. The summed E-state index contributed by atoms with van der Waals surface area (Å²) in [6.45, 7) is 12.4. The van der Waals surface area contributed by atoms with E-state index in [1.54, 1.807) is 47.8 Å². The molecule has 1 aliphatic carbocycles. The van der Waals surface area contributed by atoms with E-state index >= 15 is 0 Å². The first-order valence-corrected chi connectivity index (χ1v) is 16.3. The lowest BCUT2D eigenvalue weighted by Crippen LogP contribution is -2.57. The standard InChI is InChI=1S/C37H44N4O8/c1-8-23-19-37(23,34(44)45)40-32(42)29-17-25(20-41(29)33(43)31(21(2)3)39-35(46)49-36(4,5)6)48-30-18-27(22-12-10-9-11-13-22)38-28-16-24(47-7)14-15-26(28)30/h8-16,18,21,23,25,29,31H,1,17,19-20H2,2-7H3,(H,39,46)(H,40,42)(H,44,45)/t23-,25+,29-,31-,37?/m0/s1. The quantitative estimate of drug-likeness (QED) is 0.240. The predicted octanol–water partition coefficient (Wildman–Crippen LogP) is 4.95. The van der Waals surface area contributed by atoms with Crippen molar-refractivity contribution in [3.8, 4) is 22.8 Å². The molecule has 49 heavy (non-hydrogen) atoms. The van der Waals surface area contributed by atoms with Crippen molar-refractivity contribution in [1.29, 1.82) is 0 Å². The highest BCUT2D eigenvalue weighted by Gasteiger charge is 2.61. The number of rotatable bonds is 11. The molecule has 0 spiro atoms. The van der Waals surface area contributed by atoms with Gasteiger partial charge < -0.3 is 34.9 Å². The first-order valence-electron chi connectivity index (χ1n) is 16.3. The maximum absolute atomic E-state index is 14.2. The lowest BCUT2D eigenvalue weighted by molar-refractivity contribution is -0.146. The number of carboxylic acid groups (broad SMARTS) is 1. The zero-order valence-corrected chi connectivity index (χ0v) is 28.7. The van der Waals surface area contributed by atoms with E-state index < -0.39 is 59.1 Å². The van der Waals surface area contributed by atoms with Crippen LogP contribution in [-0.4, -0.2) is 81.8 Å². The molecule has 12 heteroatoms. The highest BCUT2D eigenvalue weighted by molar-refractivity contribution is 5.96. The van der Waals surface area contributed by atoms with Gasteiger partial charge in [-0.05, 0) is 45.2 Å². The third-order valence-corrected chi connectivity index (χ3v) is 8.82. The molecule has 5 rings (SSSR count). The molecule has 3 aromatic rings. The molecule has 0 bridgehead atoms. The normalized spacial score (nSPS) is 22.3. The number of benzene rings is 2. The van der Waals surface area contributed by atoms with E-state index in [-0.39, 0.29) is 25.3 Å². The van der Waals surface area contributed by atoms with Crippen LogP contribution >= 0.6 is 0 Å². The van der Waals surface area contributed by atoms with Gasteiger partial charge in [0.25, 0.3) is 0 Å². The molecule has 260 valence electrons. The maximum Gasteiger partial charge on any atom is 0.408 e. The van der Waals surface area contributed by atoms with E-state index in [2.05, 4.69) is 17.2 Å². The molecule has 3 amide bonds. The number of carbonyl (C=O) groups excluding carboxylic acids is 3. The van der Waals surface area contributed by atoms with Gasteiger partial charge in [0.1, 0.15) is 40.8 Å².